The smallest absolute Gasteiger partial charge is 0.410 e. The molecule has 1 amide bonds. The molecule has 0 aliphatic carbocycles. The molecule has 0 N–H and O–H groups in total. The number of hydrogen-bond donors (Lipinski definition) is 0. The van der Waals surface area contributed by atoms with Crippen LogP contribution >= 0.6 is 34.2 Å². The SMILES string of the molecule is C=Nc1c(/C(Cl)=N\C)c(I)cn1C[C@H]1CCCN1C(=O)OC(C)(C)C. The minimum absolute atomic E-state index is 0.0590. The van der Waals surface area contributed by atoms with E-state index in [4.69, 9.17) is 16.3 Å². The summed E-state index contributed by atoms with van der Waals surface area (Å²) in [6, 6.07) is 0.0590. The molecule has 8 heteroatoms. The average Bonchev–Trinajstić information content (AvgIpc) is 3.09. The minimum Gasteiger partial charge on any atom is -0.444 e. The zero-order valence-corrected chi connectivity index (χ0v) is 18.0. The zero-order valence-electron chi connectivity index (χ0n) is 15.1. The molecule has 0 bridgehead atoms. The van der Waals surface area contributed by atoms with Crippen molar-refractivity contribution in [2.75, 3.05) is 13.6 Å². The summed E-state index contributed by atoms with van der Waals surface area (Å²) >= 11 is 8.43. The molecule has 1 aromatic heterocycles. The Morgan fingerprint density at radius 3 is 2.76 bits per heavy atom. The van der Waals surface area contributed by atoms with Crippen LogP contribution in [0.5, 0.6) is 0 Å². The third-order valence-corrected chi connectivity index (χ3v) is 5.14. The van der Waals surface area contributed by atoms with Gasteiger partial charge in [0.15, 0.2) is 0 Å². The fourth-order valence-corrected chi connectivity index (χ4v) is 4.12. The van der Waals surface area contributed by atoms with Crippen LogP contribution in [-0.2, 0) is 11.3 Å². The summed E-state index contributed by atoms with van der Waals surface area (Å²) in [5.41, 5.74) is 0.278. The molecule has 0 radical (unpaired) electrons. The monoisotopic (exact) mass is 478 g/mol. The van der Waals surface area contributed by atoms with Crippen molar-refractivity contribution in [2.45, 2.75) is 51.8 Å². The Balaban J connectivity index is 2.24. The molecule has 1 aromatic rings. The highest BCUT2D eigenvalue weighted by Gasteiger charge is 2.33. The number of carbonyl (C=O) groups is 1. The predicted octanol–water partition coefficient (Wildman–Crippen LogP) is 4.44. The van der Waals surface area contributed by atoms with Crippen LogP contribution in [0.3, 0.4) is 0 Å². The van der Waals surface area contributed by atoms with Gasteiger partial charge in [-0.05, 0) is 62.9 Å². The number of rotatable bonds is 4. The molecule has 0 aromatic carbocycles. The number of amides is 1. The summed E-state index contributed by atoms with van der Waals surface area (Å²) < 4.78 is 8.48. The van der Waals surface area contributed by atoms with Gasteiger partial charge in [-0.2, -0.15) is 0 Å². The molecule has 0 saturated carbocycles. The summed E-state index contributed by atoms with van der Waals surface area (Å²) in [5, 5.41) is 0.404. The van der Waals surface area contributed by atoms with Crippen LogP contribution in [0.2, 0.25) is 0 Å². The first-order chi connectivity index (χ1) is 11.7. The molecule has 1 atom stereocenters. The van der Waals surface area contributed by atoms with Crippen molar-refractivity contribution in [2.24, 2.45) is 9.98 Å². The van der Waals surface area contributed by atoms with Gasteiger partial charge in [0.25, 0.3) is 0 Å². The summed E-state index contributed by atoms with van der Waals surface area (Å²) in [5.74, 6) is 0.677. The molecule has 138 valence electrons. The van der Waals surface area contributed by atoms with Gasteiger partial charge in [0.05, 0.1) is 11.6 Å². The Bertz CT molecular complexity index is 694. The van der Waals surface area contributed by atoms with Gasteiger partial charge in [-0.25, -0.2) is 9.79 Å². The topological polar surface area (TPSA) is 59.2 Å². The first-order valence-corrected chi connectivity index (χ1v) is 9.61. The summed E-state index contributed by atoms with van der Waals surface area (Å²) in [4.78, 5) is 22.5. The van der Waals surface area contributed by atoms with E-state index < -0.39 is 5.60 Å². The first-order valence-electron chi connectivity index (χ1n) is 8.15. The minimum atomic E-state index is -0.501. The molecule has 25 heavy (non-hydrogen) atoms. The largest absolute Gasteiger partial charge is 0.444 e. The van der Waals surface area contributed by atoms with Gasteiger partial charge in [-0.15, -0.1) is 0 Å². The fourth-order valence-electron chi connectivity index (χ4n) is 2.94. The Morgan fingerprint density at radius 1 is 1.52 bits per heavy atom. The van der Waals surface area contributed by atoms with Crippen molar-refractivity contribution < 1.29 is 9.53 Å². The Morgan fingerprint density at radius 2 is 2.20 bits per heavy atom. The molecule has 6 nitrogen and oxygen atoms in total. The van der Waals surface area contributed by atoms with Crippen LogP contribution < -0.4 is 0 Å². The summed E-state index contributed by atoms with van der Waals surface area (Å²) in [6.45, 7) is 10.6. The number of aromatic nitrogens is 1. The maximum Gasteiger partial charge on any atom is 0.410 e. The van der Waals surface area contributed by atoms with Gasteiger partial charge in [0.2, 0.25) is 0 Å². The molecule has 2 rings (SSSR count). The molecule has 1 aliphatic rings. The van der Waals surface area contributed by atoms with Crippen molar-refractivity contribution in [3.63, 3.8) is 0 Å². The van der Waals surface area contributed by atoms with Crippen molar-refractivity contribution in [1.29, 1.82) is 0 Å². The van der Waals surface area contributed by atoms with Crippen LogP contribution in [0, 0.1) is 3.57 Å². The molecule has 1 fully saturated rings. The predicted molar refractivity (Wildman–Crippen MR) is 111 cm³/mol. The van der Waals surface area contributed by atoms with Gasteiger partial charge < -0.3 is 14.2 Å². The number of hydrogen-bond acceptors (Lipinski definition) is 4. The Kier molecular flexibility index (Phi) is 6.53. The van der Waals surface area contributed by atoms with Crippen LogP contribution in [0.1, 0.15) is 39.2 Å². The maximum atomic E-state index is 12.5. The third-order valence-electron chi connectivity index (χ3n) is 3.97. The number of likely N-dealkylation sites (tertiary alicyclic amines) is 1. The van der Waals surface area contributed by atoms with Crippen molar-refractivity contribution in [3.05, 3.63) is 15.3 Å². The van der Waals surface area contributed by atoms with E-state index in [0.717, 1.165) is 22.0 Å². The lowest BCUT2D eigenvalue weighted by Gasteiger charge is -2.29. The number of halogens is 2. The maximum absolute atomic E-state index is 12.5. The van der Waals surface area contributed by atoms with Gasteiger partial charge in [0.1, 0.15) is 16.6 Å². The standard InChI is InChI=1S/C17H24ClIN4O2/c1-17(2,3)25-16(24)23-8-6-7-11(23)9-22-10-12(19)13(14(18)20-4)15(22)21-5/h10-11H,5-9H2,1-4H3/b20-14+/t11-/m1/s1. The molecule has 0 unspecified atom stereocenters. The van der Waals surface area contributed by atoms with Gasteiger partial charge >= 0.3 is 6.09 Å². The zero-order chi connectivity index (χ0) is 18.8. The fraction of sp³-hybridized carbons (Fsp3) is 0.588. The lowest BCUT2D eigenvalue weighted by molar-refractivity contribution is 0.0214. The molecule has 1 aliphatic heterocycles. The van der Waals surface area contributed by atoms with E-state index in [1.807, 2.05) is 31.5 Å². The van der Waals surface area contributed by atoms with E-state index in [1.54, 1.807) is 11.9 Å². The molecule has 1 saturated heterocycles. The van der Waals surface area contributed by atoms with Crippen molar-refractivity contribution in [1.82, 2.24) is 9.47 Å². The number of aliphatic imine (C=N–C) groups is 2. The molecular weight excluding hydrogens is 455 g/mol. The highest BCUT2D eigenvalue weighted by molar-refractivity contribution is 14.1. The summed E-state index contributed by atoms with van der Waals surface area (Å²) in [7, 11) is 1.64. The quantitative estimate of drug-likeness (QED) is 0.474. The van der Waals surface area contributed by atoms with Crippen LogP contribution in [0.25, 0.3) is 0 Å². The van der Waals surface area contributed by atoms with Gasteiger partial charge in [0, 0.05) is 29.9 Å². The highest BCUT2D eigenvalue weighted by Crippen LogP contribution is 2.31. The Hall–Kier alpha value is -1.09. The second-order valence-electron chi connectivity index (χ2n) is 6.97. The number of nitrogens with zero attached hydrogens (tertiary/aromatic N) is 4. The second kappa shape index (κ2) is 8.07. The van der Waals surface area contributed by atoms with Crippen LogP contribution in [-0.4, -0.2) is 52.7 Å². The van der Waals surface area contributed by atoms with Crippen LogP contribution in [0.4, 0.5) is 10.6 Å². The van der Waals surface area contributed by atoms with E-state index in [1.165, 1.54) is 0 Å². The normalized spacial score (nSPS) is 18.6. The van der Waals surface area contributed by atoms with Gasteiger partial charge in [-0.1, -0.05) is 11.6 Å². The lowest BCUT2D eigenvalue weighted by Crippen LogP contribution is -2.41. The second-order valence-corrected chi connectivity index (χ2v) is 8.49. The van der Waals surface area contributed by atoms with Crippen molar-refractivity contribution >= 4 is 58.0 Å². The van der Waals surface area contributed by atoms with Crippen molar-refractivity contribution in [3.8, 4) is 0 Å². The van der Waals surface area contributed by atoms with Gasteiger partial charge in [-0.3, -0.25) is 4.99 Å². The Labute approximate surface area is 167 Å². The first kappa shape index (κ1) is 20.2. The van der Waals surface area contributed by atoms with Crippen LogP contribution in [0.15, 0.2) is 16.2 Å². The molecule has 2 heterocycles. The van der Waals surface area contributed by atoms with E-state index in [0.29, 0.717) is 24.1 Å². The highest BCUT2D eigenvalue weighted by atomic mass is 127. The van der Waals surface area contributed by atoms with E-state index in [2.05, 4.69) is 39.3 Å². The average molecular weight is 479 g/mol. The van der Waals surface area contributed by atoms with E-state index >= 15 is 0 Å². The molecule has 0 spiro atoms. The number of ether oxygens (including phenoxy) is 1. The summed E-state index contributed by atoms with van der Waals surface area (Å²) in [6.07, 6.45) is 3.59. The third kappa shape index (κ3) is 4.75. The van der Waals surface area contributed by atoms with E-state index in [-0.39, 0.29) is 12.1 Å². The lowest BCUT2D eigenvalue weighted by atomic mass is 10.2. The van der Waals surface area contributed by atoms with E-state index in [9.17, 15) is 4.79 Å². The molecular formula is C17H24ClIN4O2. The number of carbonyl (C=O) groups excluding carboxylic acids is 1.